The first-order valence-electron chi connectivity index (χ1n) is 16.0. The summed E-state index contributed by atoms with van der Waals surface area (Å²) in [5.41, 5.74) is 4.34. The first-order valence-corrected chi connectivity index (χ1v) is 16.0. The van der Waals surface area contributed by atoms with Crippen molar-refractivity contribution in [2.24, 2.45) is 5.92 Å². The van der Waals surface area contributed by atoms with E-state index in [1.165, 1.54) is 11.1 Å². The summed E-state index contributed by atoms with van der Waals surface area (Å²) in [6.45, 7) is 8.16. The zero-order valence-electron chi connectivity index (χ0n) is 26.0. The SMILES string of the molecule is CCCN(C(=O)OCc1ccc(C)cc1)C1CCN(CC2CC(N(C)C(=O)c3ccccc3)CC2c2ccccc2)CC1. The predicted molar refractivity (Wildman–Crippen MR) is 172 cm³/mol. The number of hydrogen-bond acceptors (Lipinski definition) is 4. The molecule has 2 fully saturated rings. The third kappa shape index (κ3) is 7.85. The average Bonchev–Trinajstić information content (AvgIpc) is 3.47. The van der Waals surface area contributed by atoms with Gasteiger partial charge in [-0.3, -0.25) is 4.79 Å². The summed E-state index contributed by atoms with van der Waals surface area (Å²) < 4.78 is 5.76. The maximum absolute atomic E-state index is 13.3. The number of nitrogens with zero attached hydrogens (tertiary/aromatic N) is 3. The highest BCUT2D eigenvalue weighted by Gasteiger charge is 2.40. The number of carbonyl (C=O) groups is 2. The Morgan fingerprint density at radius 3 is 2.16 bits per heavy atom. The molecule has 2 amide bonds. The van der Waals surface area contributed by atoms with Gasteiger partial charge in [-0.05, 0) is 74.1 Å². The third-order valence-electron chi connectivity index (χ3n) is 9.46. The highest BCUT2D eigenvalue weighted by atomic mass is 16.6. The van der Waals surface area contributed by atoms with Crippen molar-refractivity contribution in [3.63, 3.8) is 0 Å². The molecule has 2 aliphatic rings. The number of amides is 2. The maximum atomic E-state index is 13.3. The van der Waals surface area contributed by atoms with Crippen LogP contribution in [0.3, 0.4) is 0 Å². The van der Waals surface area contributed by atoms with Crippen LogP contribution in [0.2, 0.25) is 0 Å². The molecule has 3 aromatic carbocycles. The molecule has 228 valence electrons. The fourth-order valence-electron chi connectivity index (χ4n) is 6.99. The summed E-state index contributed by atoms with van der Waals surface area (Å²) in [5.74, 6) is 0.994. The van der Waals surface area contributed by atoms with E-state index in [2.05, 4.69) is 61.2 Å². The predicted octanol–water partition coefficient (Wildman–Crippen LogP) is 7.14. The monoisotopic (exact) mass is 581 g/mol. The highest BCUT2D eigenvalue weighted by Crippen LogP contribution is 2.42. The van der Waals surface area contributed by atoms with Crippen molar-refractivity contribution in [1.82, 2.24) is 14.7 Å². The van der Waals surface area contributed by atoms with Gasteiger partial charge in [0.15, 0.2) is 0 Å². The van der Waals surface area contributed by atoms with Gasteiger partial charge >= 0.3 is 6.09 Å². The molecule has 1 aliphatic heterocycles. The summed E-state index contributed by atoms with van der Waals surface area (Å²) in [6.07, 6.45) is 4.61. The number of rotatable bonds is 10. The van der Waals surface area contributed by atoms with Gasteiger partial charge in [0, 0.05) is 50.9 Å². The summed E-state index contributed by atoms with van der Waals surface area (Å²) in [4.78, 5) is 33.0. The Morgan fingerprint density at radius 1 is 0.860 bits per heavy atom. The lowest BCUT2D eigenvalue weighted by atomic mass is 9.88. The van der Waals surface area contributed by atoms with E-state index in [1.54, 1.807) is 0 Å². The molecule has 5 rings (SSSR count). The molecule has 6 heteroatoms. The number of benzene rings is 3. The minimum atomic E-state index is -0.199. The van der Waals surface area contributed by atoms with Crippen LogP contribution in [0.5, 0.6) is 0 Å². The third-order valence-corrected chi connectivity index (χ3v) is 9.46. The van der Waals surface area contributed by atoms with Crippen LogP contribution in [0.25, 0.3) is 0 Å². The van der Waals surface area contributed by atoms with Crippen LogP contribution >= 0.6 is 0 Å². The lowest BCUT2D eigenvalue weighted by Crippen LogP contribution is -2.48. The molecule has 0 bridgehead atoms. The summed E-state index contributed by atoms with van der Waals surface area (Å²) in [7, 11) is 1.97. The molecular weight excluding hydrogens is 534 g/mol. The Morgan fingerprint density at radius 2 is 1.51 bits per heavy atom. The van der Waals surface area contributed by atoms with Crippen molar-refractivity contribution in [3.8, 4) is 0 Å². The first-order chi connectivity index (χ1) is 20.9. The fourth-order valence-corrected chi connectivity index (χ4v) is 6.99. The molecule has 1 aliphatic carbocycles. The van der Waals surface area contributed by atoms with E-state index < -0.39 is 0 Å². The second kappa shape index (κ2) is 14.7. The Hall–Kier alpha value is -3.64. The molecule has 0 N–H and O–H groups in total. The largest absolute Gasteiger partial charge is 0.445 e. The topological polar surface area (TPSA) is 53.1 Å². The van der Waals surface area contributed by atoms with E-state index in [9.17, 15) is 9.59 Å². The summed E-state index contributed by atoms with van der Waals surface area (Å²) in [6, 6.07) is 29.0. The van der Waals surface area contributed by atoms with Gasteiger partial charge < -0.3 is 19.4 Å². The van der Waals surface area contributed by atoms with Crippen molar-refractivity contribution in [2.45, 2.75) is 70.6 Å². The number of hydrogen-bond donors (Lipinski definition) is 0. The number of likely N-dealkylation sites (tertiary alicyclic amines) is 1. The van der Waals surface area contributed by atoms with E-state index >= 15 is 0 Å². The van der Waals surface area contributed by atoms with Gasteiger partial charge in [-0.25, -0.2) is 4.79 Å². The quantitative estimate of drug-likeness (QED) is 0.255. The molecule has 1 saturated heterocycles. The molecule has 3 aromatic rings. The van der Waals surface area contributed by atoms with Crippen LogP contribution < -0.4 is 0 Å². The number of ether oxygens (including phenoxy) is 1. The van der Waals surface area contributed by atoms with Crippen molar-refractivity contribution >= 4 is 12.0 Å². The maximum Gasteiger partial charge on any atom is 0.410 e. The Labute approximate surface area is 257 Å². The molecule has 6 nitrogen and oxygen atoms in total. The number of piperidine rings is 1. The molecule has 0 spiro atoms. The molecule has 3 unspecified atom stereocenters. The minimum absolute atomic E-state index is 0.101. The summed E-state index contributed by atoms with van der Waals surface area (Å²) >= 11 is 0. The smallest absolute Gasteiger partial charge is 0.410 e. The van der Waals surface area contributed by atoms with Crippen molar-refractivity contribution in [3.05, 3.63) is 107 Å². The second-order valence-corrected chi connectivity index (χ2v) is 12.4. The molecule has 1 saturated carbocycles. The zero-order chi connectivity index (χ0) is 30.2. The number of aryl methyl sites for hydroxylation is 1. The van der Waals surface area contributed by atoms with Gasteiger partial charge in [0.05, 0.1) is 0 Å². The van der Waals surface area contributed by atoms with Crippen LogP contribution in [0, 0.1) is 12.8 Å². The molecule has 3 atom stereocenters. The van der Waals surface area contributed by atoms with Crippen LogP contribution in [0.4, 0.5) is 4.79 Å². The minimum Gasteiger partial charge on any atom is -0.445 e. The highest BCUT2D eigenvalue weighted by molar-refractivity contribution is 5.94. The molecule has 0 radical (unpaired) electrons. The lowest BCUT2D eigenvalue weighted by Gasteiger charge is -2.39. The van der Waals surface area contributed by atoms with Crippen molar-refractivity contribution < 1.29 is 14.3 Å². The lowest BCUT2D eigenvalue weighted by molar-refractivity contribution is 0.0572. The van der Waals surface area contributed by atoms with Crippen molar-refractivity contribution in [2.75, 3.05) is 33.2 Å². The van der Waals surface area contributed by atoms with Gasteiger partial charge in [0.25, 0.3) is 5.91 Å². The van der Waals surface area contributed by atoms with Gasteiger partial charge in [-0.1, -0.05) is 85.3 Å². The zero-order valence-corrected chi connectivity index (χ0v) is 26.0. The number of carbonyl (C=O) groups excluding carboxylic acids is 2. The van der Waals surface area contributed by atoms with Crippen LogP contribution in [0.1, 0.15) is 72.0 Å². The molecular formula is C37H47N3O3. The molecule has 1 heterocycles. The van der Waals surface area contributed by atoms with Gasteiger partial charge in [0.1, 0.15) is 6.61 Å². The average molecular weight is 582 g/mol. The Balaban J connectivity index is 1.19. The Bertz CT molecular complexity index is 1310. The van der Waals surface area contributed by atoms with Crippen LogP contribution in [0.15, 0.2) is 84.9 Å². The first kappa shape index (κ1) is 30.8. The van der Waals surface area contributed by atoms with E-state index in [0.717, 1.165) is 69.4 Å². The second-order valence-electron chi connectivity index (χ2n) is 12.4. The van der Waals surface area contributed by atoms with E-state index in [-0.39, 0.29) is 24.1 Å². The van der Waals surface area contributed by atoms with Crippen LogP contribution in [-0.2, 0) is 11.3 Å². The van der Waals surface area contributed by atoms with E-state index in [4.69, 9.17) is 4.74 Å². The summed E-state index contributed by atoms with van der Waals surface area (Å²) in [5, 5.41) is 0. The normalized spacial score (nSPS) is 21.0. The Kier molecular flexibility index (Phi) is 10.5. The standard InChI is InChI=1S/C37H47N3O3/c1-4-21-40(37(42)43-27-29-17-15-28(2)16-18-29)33-19-22-39(23-20-33)26-32-24-34(25-35(32)30-11-7-5-8-12-30)38(3)36(41)31-13-9-6-10-14-31/h5-18,32-35H,4,19-27H2,1-3H3. The molecule has 43 heavy (non-hydrogen) atoms. The van der Waals surface area contributed by atoms with Gasteiger partial charge in [-0.2, -0.15) is 0 Å². The van der Waals surface area contributed by atoms with Gasteiger partial charge in [0.2, 0.25) is 0 Å². The van der Waals surface area contributed by atoms with Gasteiger partial charge in [-0.15, -0.1) is 0 Å². The fraction of sp³-hybridized carbons (Fsp3) is 0.459. The van der Waals surface area contributed by atoms with E-state index in [0.29, 0.717) is 18.4 Å². The molecule has 0 aromatic heterocycles. The van der Waals surface area contributed by atoms with E-state index in [1.807, 2.05) is 59.3 Å². The van der Waals surface area contributed by atoms with Crippen LogP contribution in [-0.4, -0.2) is 72.0 Å². The van der Waals surface area contributed by atoms with Crippen molar-refractivity contribution in [1.29, 1.82) is 0 Å².